The normalized spacial score (nSPS) is 10.7. The van der Waals surface area contributed by atoms with Crippen LogP contribution in [-0.2, 0) is 6.54 Å². The van der Waals surface area contributed by atoms with Crippen molar-refractivity contribution in [3.63, 3.8) is 0 Å². The number of nitriles is 1. The zero-order chi connectivity index (χ0) is 14.0. The van der Waals surface area contributed by atoms with Gasteiger partial charge in [-0.2, -0.15) is 5.26 Å². The molecule has 0 radical (unpaired) electrons. The van der Waals surface area contributed by atoms with Crippen molar-refractivity contribution in [3.8, 4) is 6.07 Å². The first-order valence-corrected chi connectivity index (χ1v) is 5.98. The summed E-state index contributed by atoms with van der Waals surface area (Å²) in [6.45, 7) is 4.09. The fraction of sp³-hybridized carbons (Fsp3) is 0.286. The molecule has 0 bridgehead atoms. The zero-order valence-electron chi connectivity index (χ0n) is 10.8. The Morgan fingerprint density at radius 1 is 1.32 bits per heavy atom. The number of halogens is 1. The molecule has 5 heteroatoms. The van der Waals surface area contributed by atoms with E-state index >= 15 is 0 Å². The van der Waals surface area contributed by atoms with Gasteiger partial charge in [0.25, 0.3) is 0 Å². The molecule has 0 atom stereocenters. The maximum absolute atomic E-state index is 13.3. The third-order valence-corrected chi connectivity index (χ3v) is 2.87. The Morgan fingerprint density at radius 2 is 2.05 bits per heavy atom. The molecule has 0 aliphatic heterocycles. The molecule has 0 saturated heterocycles. The Labute approximate surface area is 110 Å². The monoisotopic (exact) mass is 259 g/mol. The third kappa shape index (κ3) is 2.74. The van der Waals surface area contributed by atoms with Crippen molar-refractivity contribution in [2.24, 2.45) is 0 Å². The highest BCUT2D eigenvalue weighted by atomic mass is 19.1. The van der Waals surface area contributed by atoms with E-state index in [1.54, 1.807) is 23.0 Å². The van der Waals surface area contributed by atoms with Crippen LogP contribution in [0.2, 0.25) is 0 Å². The molecule has 0 saturated carbocycles. The minimum Gasteiger partial charge on any atom is -0.297 e. The van der Waals surface area contributed by atoms with Crippen molar-refractivity contribution in [2.75, 3.05) is 0 Å². The van der Waals surface area contributed by atoms with Crippen LogP contribution >= 0.6 is 0 Å². The van der Waals surface area contributed by atoms with Crippen molar-refractivity contribution in [1.29, 1.82) is 5.26 Å². The lowest BCUT2D eigenvalue weighted by Gasteiger charge is -2.05. The molecule has 1 aromatic carbocycles. The molecule has 0 spiro atoms. The van der Waals surface area contributed by atoms with Gasteiger partial charge in [0.2, 0.25) is 0 Å². The molecule has 0 aliphatic carbocycles. The number of hydrogen-bond donors (Lipinski definition) is 0. The van der Waals surface area contributed by atoms with Crippen molar-refractivity contribution in [1.82, 2.24) is 9.13 Å². The van der Waals surface area contributed by atoms with Crippen molar-refractivity contribution < 1.29 is 4.39 Å². The highest BCUT2D eigenvalue weighted by molar-refractivity contribution is 5.33. The van der Waals surface area contributed by atoms with Crippen LogP contribution in [0.5, 0.6) is 0 Å². The summed E-state index contributed by atoms with van der Waals surface area (Å²) < 4.78 is 16.4. The predicted molar refractivity (Wildman–Crippen MR) is 69.3 cm³/mol. The number of imidazole rings is 1. The second-order valence-corrected chi connectivity index (χ2v) is 4.67. The molecule has 0 fully saturated rings. The van der Waals surface area contributed by atoms with E-state index in [0.717, 1.165) is 0 Å². The number of benzene rings is 1. The molecular weight excluding hydrogens is 245 g/mol. The predicted octanol–water partition coefficient (Wildman–Crippen LogP) is 2.29. The van der Waals surface area contributed by atoms with E-state index in [1.165, 1.54) is 16.7 Å². The maximum Gasteiger partial charge on any atom is 0.328 e. The summed E-state index contributed by atoms with van der Waals surface area (Å²) in [6, 6.07) is 6.07. The van der Waals surface area contributed by atoms with Crippen LogP contribution in [0.1, 0.15) is 31.0 Å². The lowest BCUT2D eigenvalue weighted by atomic mass is 10.1. The smallest absolute Gasteiger partial charge is 0.297 e. The lowest BCUT2D eigenvalue weighted by Crippen LogP contribution is -2.25. The van der Waals surface area contributed by atoms with E-state index in [9.17, 15) is 9.18 Å². The second kappa shape index (κ2) is 5.11. The Kier molecular flexibility index (Phi) is 3.52. The van der Waals surface area contributed by atoms with Crippen LogP contribution in [0.15, 0.2) is 35.4 Å². The number of hydrogen-bond acceptors (Lipinski definition) is 2. The Morgan fingerprint density at radius 3 is 2.63 bits per heavy atom. The highest BCUT2D eigenvalue weighted by Gasteiger charge is 2.07. The van der Waals surface area contributed by atoms with Crippen LogP contribution in [0, 0.1) is 17.1 Å². The molecule has 2 rings (SSSR count). The average molecular weight is 259 g/mol. The summed E-state index contributed by atoms with van der Waals surface area (Å²) in [5.41, 5.74) is 0.712. The standard InChI is InChI=1S/C14H14FN3O/c1-10(2)18-4-3-17(14(18)19)9-12-5-11(8-16)6-13(15)7-12/h3-7,10H,9H2,1-2H3. The second-order valence-electron chi connectivity index (χ2n) is 4.67. The van der Waals surface area contributed by atoms with E-state index < -0.39 is 5.82 Å². The van der Waals surface area contributed by atoms with Gasteiger partial charge in [-0.15, -0.1) is 0 Å². The minimum atomic E-state index is -0.467. The lowest BCUT2D eigenvalue weighted by molar-refractivity contribution is 0.560. The fourth-order valence-electron chi connectivity index (χ4n) is 1.94. The van der Waals surface area contributed by atoms with E-state index in [1.807, 2.05) is 19.9 Å². The largest absolute Gasteiger partial charge is 0.328 e. The first-order chi connectivity index (χ1) is 9.01. The molecule has 1 heterocycles. The average Bonchev–Trinajstić information content (AvgIpc) is 2.70. The molecule has 2 aromatic rings. The first-order valence-electron chi connectivity index (χ1n) is 5.98. The zero-order valence-corrected chi connectivity index (χ0v) is 10.8. The van der Waals surface area contributed by atoms with Gasteiger partial charge in [0.1, 0.15) is 5.82 Å². The van der Waals surface area contributed by atoms with Gasteiger partial charge in [-0.3, -0.25) is 9.13 Å². The molecule has 98 valence electrons. The SMILES string of the molecule is CC(C)n1ccn(Cc2cc(F)cc(C#N)c2)c1=O. The van der Waals surface area contributed by atoms with Crippen molar-refractivity contribution in [2.45, 2.75) is 26.4 Å². The van der Waals surface area contributed by atoms with Gasteiger partial charge in [0, 0.05) is 18.4 Å². The molecule has 0 aliphatic rings. The van der Waals surface area contributed by atoms with Gasteiger partial charge >= 0.3 is 5.69 Å². The van der Waals surface area contributed by atoms with Crippen LogP contribution in [0.3, 0.4) is 0 Å². The van der Waals surface area contributed by atoms with Crippen LogP contribution in [0.4, 0.5) is 4.39 Å². The molecule has 0 amide bonds. The van der Waals surface area contributed by atoms with Crippen LogP contribution in [-0.4, -0.2) is 9.13 Å². The summed E-state index contributed by atoms with van der Waals surface area (Å²) in [5.74, 6) is -0.467. The highest BCUT2D eigenvalue weighted by Crippen LogP contribution is 2.10. The van der Waals surface area contributed by atoms with E-state index in [2.05, 4.69) is 0 Å². The van der Waals surface area contributed by atoms with Crippen molar-refractivity contribution in [3.05, 3.63) is 58.0 Å². The minimum absolute atomic E-state index is 0.0796. The Hall–Kier alpha value is -2.35. The summed E-state index contributed by atoms with van der Waals surface area (Å²) >= 11 is 0. The first kappa shape index (κ1) is 13.1. The molecule has 19 heavy (non-hydrogen) atoms. The van der Waals surface area contributed by atoms with Gasteiger partial charge in [-0.1, -0.05) is 0 Å². The molecular formula is C14H14FN3O. The molecule has 1 aromatic heterocycles. The summed E-state index contributed by atoms with van der Waals surface area (Å²) in [5, 5.41) is 8.79. The molecule has 0 unspecified atom stereocenters. The van der Waals surface area contributed by atoms with Gasteiger partial charge in [0.15, 0.2) is 0 Å². The van der Waals surface area contributed by atoms with Crippen LogP contribution < -0.4 is 5.69 Å². The topological polar surface area (TPSA) is 50.7 Å². The van der Waals surface area contributed by atoms with Gasteiger partial charge < -0.3 is 0 Å². The Balaban J connectivity index is 2.34. The fourth-order valence-corrected chi connectivity index (χ4v) is 1.94. The molecule has 0 N–H and O–H groups in total. The van der Waals surface area contributed by atoms with Gasteiger partial charge in [-0.25, -0.2) is 9.18 Å². The van der Waals surface area contributed by atoms with Crippen molar-refractivity contribution >= 4 is 0 Å². The summed E-state index contributed by atoms with van der Waals surface area (Å²) in [6.07, 6.45) is 3.37. The van der Waals surface area contributed by atoms with Gasteiger partial charge in [-0.05, 0) is 37.6 Å². The number of aromatic nitrogens is 2. The van der Waals surface area contributed by atoms with E-state index in [4.69, 9.17) is 5.26 Å². The van der Waals surface area contributed by atoms with Crippen LogP contribution in [0.25, 0.3) is 0 Å². The third-order valence-electron chi connectivity index (χ3n) is 2.87. The quantitative estimate of drug-likeness (QED) is 0.849. The molecule has 4 nitrogen and oxygen atoms in total. The Bertz CT molecular complexity index is 691. The van der Waals surface area contributed by atoms with E-state index in [0.29, 0.717) is 5.56 Å². The van der Waals surface area contributed by atoms with E-state index in [-0.39, 0.29) is 23.8 Å². The maximum atomic E-state index is 13.3. The number of nitrogens with zero attached hydrogens (tertiary/aromatic N) is 3. The summed E-state index contributed by atoms with van der Waals surface area (Å²) in [7, 11) is 0. The number of rotatable bonds is 3. The van der Waals surface area contributed by atoms with Gasteiger partial charge in [0.05, 0.1) is 18.2 Å². The summed E-state index contributed by atoms with van der Waals surface area (Å²) in [4.78, 5) is 12.0.